The fraction of sp³-hybridized carbons (Fsp3) is 0.600. The van der Waals surface area contributed by atoms with Gasteiger partial charge in [0, 0.05) is 19.1 Å². The first-order valence-electron chi connectivity index (χ1n) is 7.11. The molecule has 5 nitrogen and oxygen atoms in total. The van der Waals surface area contributed by atoms with Gasteiger partial charge in [0.15, 0.2) is 0 Å². The normalized spacial score (nSPS) is 23.5. The van der Waals surface area contributed by atoms with Gasteiger partial charge in [-0.3, -0.25) is 0 Å². The second-order valence-electron chi connectivity index (χ2n) is 5.94. The molecule has 1 aromatic rings. The van der Waals surface area contributed by atoms with Crippen LogP contribution in [0.25, 0.3) is 0 Å². The third-order valence-electron chi connectivity index (χ3n) is 4.30. The number of nitrogens with zero attached hydrogens (tertiary/aromatic N) is 1. The molecule has 0 saturated carbocycles. The molecule has 1 N–H and O–H groups in total. The molecule has 1 heterocycles. The minimum atomic E-state index is -3.51. The largest absolute Gasteiger partial charge is 0.496 e. The number of hydrogen-bond acceptors (Lipinski definition) is 4. The summed E-state index contributed by atoms with van der Waals surface area (Å²) in [6, 6.07) is 3.29. The van der Waals surface area contributed by atoms with E-state index >= 15 is 0 Å². The average Bonchev–Trinajstić information content (AvgIpc) is 2.70. The molecule has 1 aliphatic heterocycles. The molecule has 1 aromatic carbocycles. The zero-order valence-electron chi connectivity index (χ0n) is 13.3. The highest BCUT2D eigenvalue weighted by Gasteiger charge is 2.32. The van der Waals surface area contributed by atoms with Crippen LogP contribution in [0.4, 0.5) is 0 Å². The van der Waals surface area contributed by atoms with Crippen molar-refractivity contribution in [1.82, 2.24) is 9.62 Å². The molecule has 1 saturated heterocycles. The van der Waals surface area contributed by atoms with Crippen molar-refractivity contribution in [1.29, 1.82) is 0 Å². The molecule has 118 valence electrons. The van der Waals surface area contributed by atoms with Crippen LogP contribution >= 0.6 is 0 Å². The lowest BCUT2D eigenvalue weighted by Gasteiger charge is -2.19. The Morgan fingerprint density at radius 3 is 2.43 bits per heavy atom. The number of nitrogens with one attached hydrogen (secondary N) is 1. The minimum absolute atomic E-state index is 0.0400. The SMILES string of the molecule is COc1ccc(S(=O)(=O)N[C@H]2CN(C)C[C@@H]2C)c(C)c1C. The van der Waals surface area contributed by atoms with E-state index in [0.717, 1.165) is 24.2 Å². The number of likely N-dealkylation sites (N-methyl/N-ethyl adjacent to an activating group) is 1. The van der Waals surface area contributed by atoms with Gasteiger partial charge in [-0.1, -0.05) is 6.92 Å². The molecule has 1 aliphatic rings. The second-order valence-corrected chi connectivity index (χ2v) is 7.62. The van der Waals surface area contributed by atoms with E-state index in [1.165, 1.54) is 0 Å². The van der Waals surface area contributed by atoms with Gasteiger partial charge in [-0.25, -0.2) is 13.1 Å². The van der Waals surface area contributed by atoms with Gasteiger partial charge in [0.1, 0.15) is 5.75 Å². The van der Waals surface area contributed by atoms with Gasteiger partial charge < -0.3 is 9.64 Å². The lowest BCUT2D eigenvalue weighted by atomic mass is 10.1. The third-order valence-corrected chi connectivity index (χ3v) is 5.93. The van der Waals surface area contributed by atoms with Crippen LogP contribution in [0.2, 0.25) is 0 Å². The number of hydrogen-bond donors (Lipinski definition) is 1. The topological polar surface area (TPSA) is 58.6 Å². The van der Waals surface area contributed by atoms with Gasteiger partial charge in [0.25, 0.3) is 0 Å². The Balaban J connectivity index is 2.30. The molecule has 0 aliphatic carbocycles. The number of rotatable bonds is 4. The average molecular weight is 312 g/mol. The van der Waals surface area contributed by atoms with E-state index in [2.05, 4.69) is 16.5 Å². The van der Waals surface area contributed by atoms with Crippen molar-refractivity contribution < 1.29 is 13.2 Å². The molecular formula is C15H24N2O3S. The van der Waals surface area contributed by atoms with Crippen LogP contribution in [0, 0.1) is 19.8 Å². The van der Waals surface area contributed by atoms with Crippen molar-refractivity contribution in [3.05, 3.63) is 23.3 Å². The summed E-state index contributed by atoms with van der Waals surface area (Å²) in [4.78, 5) is 2.48. The van der Waals surface area contributed by atoms with Crippen LogP contribution in [0.5, 0.6) is 5.75 Å². The van der Waals surface area contributed by atoms with Crippen LogP contribution in [-0.4, -0.2) is 46.6 Å². The molecule has 2 atom stereocenters. The van der Waals surface area contributed by atoms with Crippen LogP contribution < -0.4 is 9.46 Å². The fourth-order valence-corrected chi connectivity index (χ4v) is 4.54. The summed E-state index contributed by atoms with van der Waals surface area (Å²) < 4.78 is 33.4. The van der Waals surface area contributed by atoms with Crippen molar-refractivity contribution in [2.24, 2.45) is 5.92 Å². The maximum Gasteiger partial charge on any atom is 0.241 e. The van der Waals surface area contributed by atoms with Gasteiger partial charge in [-0.15, -0.1) is 0 Å². The molecule has 1 fully saturated rings. The zero-order valence-corrected chi connectivity index (χ0v) is 14.1. The molecule has 0 unspecified atom stereocenters. The van der Waals surface area contributed by atoms with Crippen LogP contribution in [0.1, 0.15) is 18.1 Å². The Hall–Kier alpha value is -1.11. The Morgan fingerprint density at radius 2 is 1.90 bits per heavy atom. The Labute approximate surface area is 127 Å². The molecule has 0 spiro atoms. The summed E-state index contributed by atoms with van der Waals surface area (Å²) in [7, 11) is 0.0846. The van der Waals surface area contributed by atoms with Crippen LogP contribution in [-0.2, 0) is 10.0 Å². The quantitative estimate of drug-likeness (QED) is 0.916. The maximum absolute atomic E-state index is 12.6. The maximum atomic E-state index is 12.6. The van der Waals surface area contributed by atoms with Crippen LogP contribution in [0.15, 0.2) is 17.0 Å². The summed E-state index contributed by atoms with van der Waals surface area (Å²) in [5, 5.41) is 0. The second kappa shape index (κ2) is 5.94. The molecule has 2 rings (SSSR count). The first-order chi connectivity index (χ1) is 9.76. The molecule has 0 amide bonds. The molecule has 21 heavy (non-hydrogen) atoms. The first kappa shape index (κ1) is 16.3. The summed E-state index contributed by atoms with van der Waals surface area (Å²) >= 11 is 0. The fourth-order valence-electron chi connectivity index (χ4n) is 2.91. The van der Waals surface area contributed by atoms with Gasteiger partial charge in [0.2, 0.25) is 10.0 Å². The highest BCUT2D eigenvalue weighted by atomic mass is 32.2. The molecule has 0 aromatic heterocycles. The van der Waals surface area contributed by atoms with E-state index in [0.29, 0.717) is 16.6 Å². The number of sulfonamides is 1. The zero-order chi connectivity index (χ0) is 15.8. The monoisotopic (exact) mass is 312 g/mol. The van der Waals surface area contributed by atoms with E-state index < -0.39 is 10.0 Å². The Morgan fingerprint density at radius 1 is 1.24 bits per heavy atom. The smallest absolute Gasteiger partial charge is 0.241 e. The lowest BCUT2D eigenvalue weighted by Crippen LogP contribution is -2.39. The molecule has 0 bridgehead atoms. The number of benzene rings is 1. The molecule has 6 heteroatoms. The molecular weight excluding hydrogens is 288 g/mol. The predicted octanol–water partition coefficient (Wildman–Crippen LogP) is 1.54. The van der Waals surface area contributed by atoms with Gasteiger partial charge in [0.05, 0.1) is 12.0 Å². The van der Waals surface area contributed by atoms with Crippen molar-refractivity contribution >= 4 is 10.0 Å². The van der Waals surface area contributed by atoms with Gasteiger partial charge in [-0.05, 0) is 50.1 Å². The summed E-state index contributed by atoms with van der Waals surface area (Å²) in [5.74, 6) is 1.02. The van der Waals surface area contributed by atoms with Gasteiger partial charge >= 0.3 is 0 Å². The van der Waals surface area contributed by atoms with E-state index in [1.807, 2.05) is 20.9 Å². The van der Waals surface area contributed by atoms with Gasteiger partial charge in [-0.2, -0.15) is 0 Å². The highest BCUT2D eigenvalue weighted by molar-refractivity contribution is 7.89. The highest BCUT2D eigenvalue weighted by Crippen LogP contribution is 2.27. The van der Waals surface area contributed by atoms with E-state index in [1.54, 1.807) is 19.2 Å². The minimum Gasteiger partial charge on any atom is -0.496 e. The summed E-state index contributed by atoms with van der Waals surface area (Å²) in [6.45, 7) is 7.42. The van der Waals surface area contributed by atoms with Crippen molar-refractivity contribution in [2.75, 3.05) is 27.2 Å². The van der Waals surface area contributed by atoms with E-state index in [-0.39, 0.29) is 6.04 Å². The number of ether oxygens (including phenoxy) is 1. The van der Waals surface area contributed by atoms with Crippen molar-refractivity contribution in [3.63, 3.8) is 0 Å². The Kier molecular flexibility index (Phi) is 4.60. The Bertz CT molecular complexity index is 628. The number of likely N-dealkylation sites (tertiary alicyclic amines) is 1. The lowest BCUT2D eigenvalue weighted by molar-refractivity contribution is 0.400. The third kappa shape index (κ3) is 3.22. The predicted molar refractivity (Wildman–Crippen MR) is 83.2 cm³/mol. The standard InChI is InChI=1S/C15H24N2O3S/c1-10-8-17(4)9-13(10)16-21(18,19)15-7-6-14(20-5)11(2)12(15)3/h6-7,10,13,16H,8-9H2,1-5H3/t10-,13-/m0/s1. The van der Waals surface area contributed by atoms with E-state index in [4.69, 9.17) is 4.74 Å². The summed E-state index contributed by atoms with van der Waals surface area (Å²) in [5.41, 5.74) is 1.60. The van der Waals surface area contributed by atoms with Crippen LogP contribution in [0.3, 0.4) is 0 Å². The molecule has 0 radical (unpaired) electrons. The van der Waals surface area contributed by atoms with Crippen molar-refractivity contribution in [3.8, 4) is 5.75 Å². The van der Waals surface area contributed by atoms with Crippen molar-refractivity contribution in [2.45, 2.75) is 31.7 Å². The van der Waals surface area contributed by atoms with E-state index in [9.17, 15) is 8.42 Å². The number of methoxy groups -OCH3 is 1. The first-order valence-corrected chi connectivity index (χ1v) is 8.59. The summed E-state index contributed by atoms with van der Waals surface area (Å²) in [6.07, 6.45) is 0.